The molecule has 0 amide bonds. The second-order valence-corrected chi connectivity index (χ2v) is 5.75. The van der Waals surface area contributed by atoms with Crippen LogP contribution >= 0.6 is 22.9 Å². The van der Waals surface area contributed by atoms with Crippen LogP contribution < -0.4 is 10.1 Å². The smallest absolute Gasteiger partial charge is 0.142 e. The summed E-state index contributed by atoms with van der Waals surface area (Å²) in [6, 6.07) is 9.90. The number of anilines is 1. The molecule has 0 spiro atoms. The number of ether oxygens (including phenoxy) is 1. The van der Waals surface area contributed by atoms with Crippen molar-refractivity contribution in [2.45, 2.75) is 20.4 Å². The van der Waals surface area contributed by atoms with E-state index in [0.29, 0.717) is 11.6 Å². The molecule has 0 saturated heterocycles. The summed E-state index contributed by atoms with van der Waals surface area (Å²) in [5, 5.41) is 4.08. The maximum atomic E-state index is 6.01. The third-order valence-corrected chi connectivity index (χ3v) is 3.73. The molecule has 1 aromatic heterocycles. The van der Waals surface area contributed by atoms with E-state index in [2.05, 4.69) is 24.4 Å². The Morgan fingerprint density at radius 1 is 1.28 bits per heavy atom. The van der Waals surface area contributed by atoms with E-state index in [1.807, 2.05) is 25.1 Å². The van der Waals surface area contributed by atoms with Crippen molar-refractivity contribution in [3.8, 4) is 5.75 Å². The van der Waals surface area contributed by atoms with Gasteiger partial charge in [-0.3, -0.25) is 0 Å². The first-order valence-corrected chi connectivity index (χ1v) is 7.10. The van der Waals surface area contributed by atoms with Gasteiger partial charge in [-0.2, -0.15) is 0 Å². The zero-order valence-electron chi connectivity index (χ0n) is 10.5. The number of aryl methyl sites for hydroxylation is 1. The standard InChI is InChI=1S/C14H16ClNOS/c1-3-17-14-7-5-11(15)8-13(14)16-9-12-6-4-10(2)18-12/h4-8,16H,3,9H2,1-2H3. The number of halogens is 1. The minimum absolute atomic E-state index is 0.647. The Morgan fingerprint density at radius 2 is 2.11 bits per heavy atom. The predicted octanol–water partition coefficient (Wildman–Crippen LogP) is 4.72. The summed E-state index contributed by atoms with van der Waals surface area (Å²) in [6.07, 6.45) is 0. The van der Waals surface area contributed by atoms with Crippen molar-refractivity contribution in [1.29, 1.82) is 0 Å². The molecule has 0 unspecified atom stereocenters. The number of hydrogen-bond acceptors (Lipinski definition) is 3. The van der Waals surface area contributed by atoms with E-state index in [4.69, 9.17) is 16.3 Å². The van der Waals surface area contributed by atoms with Crippen LogP contribution in [0.2, 0.25) is 5.02 Å². The van der Waals surface area contributed by atoms with Gasteiger partial charge < -0.3 is 10.1 Å². The second-order valence-electron chi connectivity index (χ2n) is 3.94. The van der Waals surface area contributed by atoms with Crippen molar-refractivity contribution in [1.82, 2.24) is 0 Å². The molecular weight excluding hydrogens is 266 g/mol. The Labute approximate surface area is 117 Å². The predicted molar refractivity (Wildman–Crippen MR) is 79.0 cm³/mol. The van der Waals surface area contributed by atoms with Crippen molar-refractivity contribution in [2.24, 2.45) is 0 Å². The van der Waals surface area contributed by atoms with Crippen LogP contribution in [0.3, 0.4) is 0 Å². The van der Waals surface area contributed by atoms with E-state index < -0.39 is 0 Å². The molecule has 0 fully saturated rings. The highest BCUT2D eigenvalue weighted by Gasteiger charge is 2.05. The zero-order valence-corrected chi connectivity index (χ0v) is 12.1. The Hall–Kier alpha value is -1.19. The highest BCUT2D eigenvalue weighted by atomic mass is 35.5. The maximum Gasteiger partial charge on any atom is 0.142 e. The highest BCUT2D eigenvalue weighted by molar-refractivity contribution is 7.11. The molecule has 0 aliphatic heterocycles. The van der Waals surface area contributed by atoms with Gasteiger partial charge in [0.05, 0.1) is 12.3 Å². The lowest BCUT2D eigenvalue weighted by molar-refractivity contribution is 0.341. The van der Waals surface area contributed by atoms with Crippen molar-refractivity contribution in [3.63, 3.8) is 0 Å². The topological polar surface area (TPSA) is 21.3 Å². The first kappa shape index (κ1) is 13.2. The fraction of sp³-hybridized carbons (Fsp3) is 0.286. The largest absolute Gasteiger partial charge is 0.492 e. The summed E-state index contributed by atoms with van der Waals surface area (Å²) in [5.74, 6) is 0.843. The van der Waals surface area contributed by atoms with Crippen LogP contribution in [-0.2, 0) is 6.54 Å². The SMILES string of the molecule is CCOc1ccc(Cl)cc1NCc1ccc(C)s1. The van der Waals surface area contributed by atoms with Gasteiger partial charge in [0.25, 0.3) is 0 Å². The molecule has 0 aliphatic carbocycles. The summed E-state index contributed by atoms with van der Waals surface area (Å²) < 4.78 is 5.57. The van der Waals surface area contributed by atoms with Gasteiger partial charge in [0.1, 0.15) is 5.75 Å². The summed E-state index contributed by atoms with van der Waals surface area (Å²) in [5.41, 5.74) is 0.940. The molecule has 2 nitrogen and oxygen atoms in total. The van der Waals surface area contributed by atoms with Gasteiger partial charge in [0.2, 0.25) is 0 Å². The van der Waals surface area contributed by atoms with E-state index in [1.54, 1.807) is 11.3 Å². The molecule has 96 valence electrons. The molecule has 1 heterocycles. The summed E-state index contributed by atoms with van der Waals surface area (Å²) in [6.45, 7) is 5.52. The molecule has 0 saturated carbocycles. The lowest BCUT2D eigenvalue weighted by Crippen LogP contribution is -2.01. The van der Waals surface area contributed by atoms with Crippen LogP contribution in [0.25, 0.3) is 0 Å². The van der Waals surface area contributed by atoms with Crippen molar-refractivity contribution >= 4 is 28.6 Å². The molecule has 2 rings (SSSR count). The summed E-state index contributed by atoms with van der Waals surface area (Å²) in [7, 11) is 0. The molecule has 18 heavy (non-hydrogen) atoms. The van der Waals surface area contributed by atoms with Gasteiger partial charge in [-0.05, 0) is 44.2 Å². The van der Waals surface area contributed by atoms with Crippen LogP contribution in [0.4, 0.5) is 5.69 Å². The normalized spacial score (nSPS) is 10.4. The fourth-order valence-corrected chi connectivity index (χ4v) is 2.69. The number of nitrogens with one attached hydrogen (secondary N) is 1. The van der Waals surface area contributed by atoms with Gasteiger partial charge in [-0.15, -0.1) is 11.3 Å². The molecule has 0 aliphatic rings. The Balaban J connectivity index is 2.09. The number of rotatable bonds is 5. The van der Waals surface area contributed by atoms with E-state index in [1.165, 1.54) is 9.75 Å². The molecule has 1 aromatic carbocycles. The minimum atomic E-state index is 0.647. The van der Waals surface area contributed by atoms with Crippen LogP contribution in [0, 0.1) is 6.92 Å². The number of hydrogen-bond donors (Lipinski definition) is 1. The molecule has 0 bridgehead atoms. The lowest BCUT2D eigenvalue weighted by atomic mass is 10.3. The molecule has 1 N–H and O–H groups in total. The Bertz CT molecular complexity index is 524. The minimum Gasteiger partial charge on any atom is -0.492 e. The number of benzene rings is 1. The number of thiophene rings is 1. The van der Waals surface area contributed by atoms with Gasteiger partial charge in [-0.25, -0.2) is 0 Å². The zero-order chi connectivity index (χ0) is 13.0. The van der Waals surface area contributed by atoms with Crippen molar-refractivity contribution in [2.75, 3.05) is 11.9 Å². The first-order chi connectivity index (χ1) is 8.69. The Kier molecular flexibility index (Phi) is 4.50. The van der Waals surface area contributed by atoms with Crippen LogP contribution in [-0.4, -0.2) is 6.61 Å². The lowest BCUT2D eigenvalue weighted by Gasteiger charge is -2.12. The summed E-state index contributed by atoms with van der Waals surface area (Å²) >= 11 is 7.80. The first-order valence-electron chi connectivity index (χ1n) is 5.90. The van der Waals surface area contributed by atoms with Crippen LogP contribution in [0.1, 0.15) is 16.7 Å². The van der Waals surface area contributed by atoms with E-state index in [9.17, 15) is 0 Å². The molecule has 2 aromatic rings. The fourth-order valence-electron chi connectivity index (χ4n) is 1.68. The summed E-state index contributed by atoms with van der Waals surface area (Å²) in [4.78, 5) is 2.62. The Morgan fingerprint density at radius 3 is 2.78 bits per heavy atom. The van der Waals surface area contributed by atoms with Gasteiger partial charge in [0, 0.05) is 21.3 Å². The average molecular weight is 282 g/mol. The van der Waals surface area contributed by atoms with E-state index in [-0.39, 0.29) is 0 Å². The van der Waals surface area contributed by atoms with Crippen molar-refractivity contribution < 1.29 is 4.74 Å². The van der Waals surface area contributed by atoms with Crippen molar-refractivity contribution in [3.05, 3.63) is 45.1 Å². The molecule has 0 atom stereocenters. The molecular formula is C14H16ClNOS. The molecule has 4 heteroatoms. The third-order valence-electron chi connectivity index (χ3n) is 2.49. The van der Waals surface area contributed by atoms with Gasteiger partial charge in [0.15, 0.2) is 0 Å². The van der Waals surface area contributed by atoms with E-state index in [0.717, 1.165) is 18.0 Å². The monoisotopic (exact) mass is 281 g/mol. The van der Waals surface area contributed by atoms with Crippen LogP contribution in [0.15, 0.2) is 30.3 Å². The van der Waals surface area contributed by atoms with Gasteiger partial charge in [-0.1, -0.05) is 11.6 Å². The highest BCUT2D eigenvalue weighted by Crippen LogP contribution is 2.29. The maximum absolute atomic E-state index is 6.01. The molecule has 0 radical (unpaired) electrons. The van der Waals surface area contributed by atoms with E-state index >= 15 is 0 Å². The third kappa shape index (κ3) is 3.40. The second kappa shape index (κ2) is 6.12. The van der Waals surface area contributed by atoms with Gasteiger partial charge >= 0.3 is 0 Å². The average Bonchev–Trinajstić information content (AvgIpc) is 2.76. The quantitative estimate of drug-likeness (QED) is 0.856. The van der Waals surface area contributed by atoms with Crippen LogP contribution in [0.5, 0.6) is 5.75 Å².